The van der Waals surface area contributed by atoms with Crippen molar-refractivity contribution in [3.05, 3.63) is 65.2 Å². The fraction of sp³-hybridized carbons (Fsp3) is 0.176. The van der Waals surface area contributed by atoms with Gasteiger partial charge in [-0.25, -0.2) is 5.43 Å². The Morgan fingerprint density at radius 1 is 1.21 bits per heavy atom. The number of nitrogens with one attached hydrogen (secondary N) is 1. The molecular formula is C17H15F3N2O2. The molecule has 0 aliphatic carbocycles. The van der Waals surface area contributed by atoms with E-state index in [0.717, 1.165) is 17.8 Å². The highest BCUT2D eigenvalue weighted by Crippen LogP contribution is 2.30. The van der Waals surface area contributed by atoms with Crippen LogP contribution in [0.15, 0.2) is 53.6 Å². The van der Waals surface area contributed by atoms with Crippen LogP contribution < -0.4 is 10.2 Å². The zero-order valence-corrected chi connectivity index (χ0v) is 12.8. The molecule has 0 bridgehead atoms. The van der Waals surface area contributed by atoms with Gasteiger partial charge < -0.3 is 4.74 Å². The number of nitrogens with zero attached hydrogens (tertiary/aromatic N) is 1. The Hall–Kier alpha value is -2.83. The minimum Gasteiger partial charge on any atom is -0.484 e. The van der Waals surface area contributed by atoms with Gasteiger partial charge in [0.25, 0.3) is 5.91 Å². The molecule has 0 atom stereocenters. The number of alkyl halides is 3. The third-order valence-corrected chi connectivity index (χ3v) is 3.02. The number of hydrazone groups is 1. The van der Waals surface area contributed by atoms with Crippen LogP contribution in [0.2, 0.25) is 0 Å². The van der Waals surface area contributed by atoms with Crippen molar-refractivity contribution in [3.63, 3.8) is 0 Å². The summed E-state index contributed by atoms with van der Waals surface area (Å²) in [6.45, 7) is 1.59. The van der Waals surface area contributed by atoms with Crippen molar-refractivity contribution in [1.29, 1.82) is 0 Å². The van der Waals surface area contributed by atoms with Crippen LogP contribution in [-0.2, 0) is 11.0 Å². The molecule has 2 aromatic rings. The van der Waals surface area contributed by atoms with Crippen molar-refractivity contribution >= 4 is 12.1 Å². The van der Waals surface area contributed by atoms with Crippen LogP contribution in [0.5, 0.6) is 5.75 Å². The molecule has 1 N–H and O–H groups in total. The van der Waals surface area contributed by atoms with E-state index in [4.69, 9.17) is 4.74 Å². The van der Waals surface area contributed by atoms with Crippen LogP contribution >= 0.6 is 0 Å². The normalized spacial score (nSPS) is 11.5. The summed E-state index contributed by atoms with van der Waals surface area (Å²) < 4.78 is 43.7. The topological polar surface area (TPSA) is 50.7 Å². The summed E-state index contributed by atoms with van der Waals surface area (Å²) >= 11 is 0. The smallest absolute Gasteiger partial charge is 0.417 e. The molecule has 0 spiro atoms. The van der Waals surface area contributed by atoms with Crippen molar-refractivity contribution in [3.8, 4) is 5.75 Å². The van der Waals surface area contributed by atoms with Gasteiger partial charge in [-0.1, -0.05) is 30.3 Å². The molecule has 4 nitrogen and oxygen atoms in total. The van der Waals surface area contributed by atoms with Gasteiger partial charge in [0.2, 0.25) is 0 Å². The van der Waals surface area contributed by atoms with E-state index in [1.807, 2.05) is 13.0 Å². The maximum atomic E-state index is 12.8. The van der Waals surface area contributed by atoms with Crippen LogP contribution in [0.25, 0.3) is 0 Å². The number of rotatable bonds is 5. The molecule has 0 saturated heterocycles. The average molecular weight is 336 g/mol. The average Bonchev–Trinajstić information content (AvgIpc) is 2.52. The second-order valence-corrected chi connectivity index (χ2v) is 4.98. The first-order chi connectivity index (χ1) is 11.4. The number of hydrogen-bond acceptors (Lipinski definition) is 3. The fourth-order valence-corrected chi connectivity index (χ4v) is 1.93. The van der Waals surface area contributed by atoms with Gasteiger partial charge in [0.05, 0.1) is 11.8 Å². The Morgan fingerprint density at radius 2 is 1.96 bits per heavy atom. The maximum absolute atomic E-state index is 12.8. The molecule has 2 rings (SSSR count). The van der Waals surface area contributed by atoms with Gasteiger partial charge in [-0.3, -0.25) is 4.79 Å². The number of aryl methyl sites for hydroxylation is 1. The minimum absolute atomic E-state index is 0.134. The highest BCUT2D eigenvalue weighted by atomic mass is 19.4. The van der Waals surface area contributed by atoms with E-state index in [0.29, 0.717) is 5.75 Å². The maximum Gasteiger partial charge on any atom is 0.417 e. The van der Waals surface area contributed by atoms with Gasteiger partial charge in [-0.15, -0.1) is 0 Å². The molecule has 0 radical (unpaired) electrons. The lowest BCUT2D eigenvalue weighted by Crippen LogP contribution is -2.24. The predicted molar refractivity (Wildman–Crippen MR) is 83.9 cm³/mol. The molecule has 0 aromatic heterocycles. The van der Waals surface area contributed by atoms with Gasteiger partial charge in [0.1, 0.15) is 5.75 Å². The Kier molecular flexibility index (Phi) is 5.57. The zero-order chi connectivity index (χ0) is 17.6. The molecule has 2 aromatic carbocycles. The van der Waals surface area contributed by atoms with Gasteiger partial charge in [0, 0.05) is 5.56 Å². The summed E-state index contributed by atoms with van der Waals surface area (Å²) in [7, 11) is 0. The first kappa shape index (κ1) is 17.5. The van der Waals surface area contributed by atoms with Gasteiger partial charge in [-0.2, -0.15) is 18.3 Å². The van der Waals surface area contributed by atoms with Crippen LogP contribution in [-0.4, -0.2) is 18.7 Å². The lowest BCUT2D eigenvalue weighted by atomic mass is 10.1. The van der Waals surface area contributed by atoms with Crippen LogP contribution in [0, 0.1) is 6.92 Å². The first-order valence-electron chi connectivity index (χ1n) is 7.04. The van der Waals surface area contributed by atoms with E-state index in [1.54, 1.807) is 18.2 Å². The standard InChI is InChI=1S/C17H15F3N2O2/c1-12-5-4-7-14(9-12)24-11-16(23)22-21-10-13-6-2-3-8-15(13)17(18,19)20/h2-10H,11H2,1H3,(H,22,23)/b21-10+. The van der Waals surface area contributed by atoms with E-state index in [-0.39, 0.29) is 12.2 Å². The minimum atomic E-state index is -4.49. The molecule has 7 heteroatoms. The SMILES string of the molecule is Cc1cccc(OCC(=O)N/N=C/c2ccccc2C(F)(F)F)c1. The Morgan fingerprint density at radius 3 is 2.67 bits per heavy atom. The summed E-state index contributed by atoms with van der Waals surface area (Å²) in [5.41, 5.74) is 2.16. The largest absolute Gasteiger partial charge is 0.484 e. The lowest BCUT2D eigenvalue weighted by molar-refractivity contribution is -0.137. The molecule has 24 heavy (non-hydrogen) atoms. The van der Waals surface area contributed by atoms with E-state index in [2.05, 4.69) is 10.5 Å². The molecule has 0 unspecified atom stereocenters. The van der Waals surface area contributed by atoms with E-state index >= 15 is 0 Å². The second-order valence-electron chi connectivity index (χ2n) is 4.98. The number of carbonyl (C=O) groups excluding carboxylic acids is 1. The summed E-state index contributed by atoms with van der Waals surface area (Å²) in [6, 6.07) is 12.1. The molecule has 0 heterocycles. The van der Waals surface area contributed by atoms with Crippen LogP contribution in [0.3, 0.4) is 0 Å². The highest BCUT2D eigenvalue weighted by Gasteiger charge is 2.32. The van der Waals surface area contributed by atoms with Crippen molar-refractivity contribution in [1.82, 2.24) is 5.43 Å². The summed E-state index contributed by atoms with van der Waals surface area (Å²) in [6.07, 6.45) is -3.53. The number of hydrogen-bond donors (Lipinski definition) is 1. The number of ether oxygens (including phenoxy) is 1. The molecule has 0 aliphatic heterocycles. The van der Waals surface area contributed by atoms with Crippen molar-refractivity contribution < 1.29 is 22.7 Å². The first-order valence-corrected chi connectivity index (χ1v) is 7.04. The van der Waals surface area contributed by atoms with Crippen molar-refractivity contribution in [2.24, 2.45) is 5.10 Å². The van der Waals surface area contributed by atoms with Crippen LogP contribution in [0.4, 0.5) is 13.2 Å². The lowest BCUT2D eigenvalue weighted by Gasteiger charge is -2.09. The zero-order valence-electron chi connectivity index (χ0n) is 12.8. The van der Waals surface area contributed by atoms with Crippen molar-refractivity contribution in [2.75, 3.05) is 6.61 Å². The van der Waals surface area contributed by atoms with E-state index in [9.17, 15) is 18.0 Å². The Balaban J connectivity index is 1.91. The predicted octanol–water partition coefficient (Wildman–Crippen LogP) is 3.54. The molecule has 0 saturated carbocycles. The number of benzene rings is 2. The number of halogens is 3. The van der Waals surface area contributed by atoms with Crippen LogP contribution in [0.1, 0.15) is 16.7 Å². The number of amides is 1. The summed E-state index contributed by atoms with van der Waals surface area (Å²) in [5.74, 6) is -0.0474. The Bertz CT molecular complexity index is 743. The quantitative estimate of drug-likeness (QED) is 0.671. The van der Waals surface area contributed by atoms with Gasteiger partial charge in [0.15, 0.2) is 6.61 Å². The third kappa shape index (κ3) is 5.12. The monoisotopic (exact) mass is 336 g/mol. The summed E-state index contributed by atoms with van der Waals surface area (Å²) in [4.78, 5) is 11.6. The molecule has 1 amide bonds. The molecule has 0 aliphatic rings. The highest BCUT2D eigenvalue weighted by molar-refractivity contribution is 5.84. The molecule has 126 valence electrons. The van der Waals surface area contributed by atoms with E-state index in [1.165, 1.54) is 18.2 Å². The fourth-order valence-electron chi connectivity index (χ4n) is 1.93. The number of carbonyl (C=O) groups is 1. The van der Waals surface area contributed by atoms with Gasteiger partial charge >= 0.3 is 6.18 Å². The van der Waals surface area contributed by atoms with E-state index < -0.39 is 17.6 Å². The third-order valence-electron chi connectivity index (χ3n) is 3.02. The summed E-state index contributed by atoms with van der Waals surface area (Å²) in [5, 5.41) is 3.54. The van der Waals surface area contributed by atoms with Gasteiger partial charge in [-0.05, 0) is 30.7 Å². The molecular weight excluding hydrogens is 321 g/mol. The van der Waals surface area contributed by atoms with Crippen molar-refractivity contribution in [2.45, 2.75) is 13.1 Å². The Labute approximate surface area is 137 Å². The molecule has 0 fully saturated rings. The second kappa shape index (κ2) is 7.63.